The molecule has 0 saturated carbocycles. The van der Waals surface area contributed by atoms with E-state index in [4.69, 9.17) is 11.6 Å². The number of aromatic nitrogens is 2. The first-order valence-electron chi connectivity index (χ1n) is 5.22. The summed E-state index contributed by atoms with van der Waals surface area (Å²) in [5.74, 6) is -0.293. The van der Waals surface area contributed by atoms with Crippen LogP contribution < -0.4 is 5.32 Å². The highest BCUT2D eigenvalue weighted by Gasteiger charge is 2.21. The Bertz CT molecular complexity index is 653. The van der Waals surface area contributed by atoms with Crippen LogP contribution in [0, 0.1) is 10.1 Å². The molecule has 1 N–H and O–H groups in total. The number of carbonyl (C=O) groups excluding carboxylic acids is 1. The quantitative estimate of drug-likeness (QED) is 0.689. The highest BCUT2D eigenvalue weighted by molar-refractivity contribution is 6.31. The zero-order valence-corrected chi connectivity index (χ0v) is 10.6. The molecule has 1 aromatic heterocycles. The van der Waals surface area contributed by atoms with Gasteiger partial charge in [-0.15, -0.1) is 0 Å². The normalized spacial score (nSPS) is 10.2. The van der Waals surface area contributed by atoms with Crippen molar-refractivity contribution < 1.29 is 9.72 Å². The van der Waals surface area contributed by atoms with Crippen LogP contribution >= 0.6 is 11.6 Å². The number of aryl methyl sites for hydroxylation is 1. The van der Waals surface area contributed by atoms with Crippen molar-refractivity contribution in [2.45, 2.75) is 0 Å². The van der Waals surface area contributed by atoms with E-state index in [1.165, 1.54) is 16.8 Å². The van der Waals surface area contributed by atoms with Gasteiger partial charge in [0, 0.05) is 30.4 Å². The molecule has 7 nitrogen and oxygen atoms in total. The predicted molar refractivity (Wildman–Crippen MR) is 69.3 cm³/mol. The van der Waals surface area contributed by atoms with Crippen LogP contribution in [0.2, 0.25) is 5.02 Å². The van der Waals surface area contributed by atoms with Crippen molar-refractivity contribution in [1.29, 1.82) is 0 Å². The minimum Gasteiger partial charge on any atom is -0.305 e. The van der Waals surface area contributed by atoms with Gasteiger partial charge < -0.3 is 5.32 Å². The number of nitrogens with one attached hydrogen (secondary N) is 1. The van der Waals surface area contributed by atoms with E-state index in [0.717, 1.165) is 6.07 Å². The van der Waals surface area contributed by atoms with Gasteiger partial charge in [-0.1, -0.05) is 11.6 Å². The summed E-state index contributed by atoms with van der Waals surface area (Å²) in [6, 6.07) is 5.44. The molecule has 0 unspecified atom stereocenters. The third-order valence-corrected chi connectivity index (χ3v) is 2.59. The van der Waals surface area contributed by atoms with Gasteiger partial charge in [0.25, 0.3) is 11.6 Å². The Labute approximate surface area is 112 Å². The summed E-state index contributed by atoms with van der Waals surface area (Å²) < 4.78 is 1.51. The van der Waals surface area contributed by atoms with Gasteiger partial charge in [-0.25, -0.2) is 0 Å². The van der Waals surface area contributed by atoms with Gasteiger partial charge >= 0.3 is 0 Å². The molecule has 1 heterocycles. The molecule has 0 saturated heterocycles. The molecule has 0 bridgehead atoms. The molecule has 0 fully saturated rings. The van der Waals surface area contributed by atoms with Crippen LogP contribution in [0.15, 0.2) is 30.5 Å². The molecule has 19 heavy (non-hydrogen) atoms. The number of nitrogens with zero attached hydrogens (tertiary/aromatic N) is 3. The third kappa shape index (κ3) is 2.89. The van der Waals surface area contributed by atoms with E-state index in [1.807, 2.05) is 0 Å². The van der Waals surface area contributed by atoms with Crippen LogP contribution in [-0.2, 0) is 7.05 Å². The van der Waals surface area contributed by atoms with Crippen LogP contribution in [0.3, 0.4) is 0 Å². The first-order valence-corrected chi connectivity index (χ1v) is 5.60. The number of carbonyl (C=O) groups is 1. The summed E-state index contributed by atoms with van der Waals surface area (Å²) in [7, 11) is 1.69. The van der Waals surface area contributed by atoms with Gasteiger partial charge in [0.2, 0.25) is 0 Å². The number of rotatable bonds is 3. The topological polar surface area (TPSA) is 90.1 Å². The first-order chi connectivity index (χ1) is 8.97. The summed E-state index contributed by atoms with van der Waals surface area (Å²) in [5.41, 5.74) is -0.416. The Kier molecular flexibility index (Phi) is 3.48. The average molecular weight is 281 g/mol. The second-order valence-corrected chi connectivity index (χ2v) is 4.18. The molecule has 1 aromatic carbocycles. The second-order valence-electron chi connectivity index (χ2n) is 3.75. The molecule has 8 heteroatoms. The summed E-state index contributed by atoms with van der Waals surface area (Å²) in [6.45, 7) is 0. The molecule has 0 aliphatic carbocycles. The SMILES string of the molecule is Cn1ccc(NC(=O)c2ccc(Cl)cc2[N+](=O)[O-])n1. The largest absolute Gasteiger partial charge is 0.305 e. The maximum atomic E-state index is 12.0. The Hall–Kier alpha value is -2.41. The van der Waals surface area contributed by atoms with Crippen molar-refractivity contribution in [3.8, 4) is 0 Å². The number of nitro benzene ring substituents is 1. The lowest BCUT2D eigenvalue weighted by Gasteiger charge is -2.03. The van der Waals surface area contributed by atoms with E-state index < -0.39 is 10.8 Å². The summed E-state index contributed by atoms with van der Waals surface area (Å²) in [4.78, 5) is 22.2. The fraction of sp³-hybridized carbons (Fsp3) is 0.0909. The monoisotopic (exact) mass is 280 g/mol. The van der Waals surface area contributed by atoms with Gasteiger partial charge in [-0.3, -0.25) is 19.6 Å². The molecule has 1 amide bonds. The van der Waals surface area contributed by atoms with Gasteiger partial charge in [0.15, 0.2) is 5.82 Å². The molecule has 98 valence electrons. The minimum absolute atomic E-state index is 0.0694. The maximum absolute atomic E-state index is 12.0. The third-order valence-electron chi connectivity index (χ3n) is 2.36. The van der Waals surface area contributed by atoms with Crippen LogP contribution in [-0.4, -0.2) is 20.6 Å². The second kappa shape index (κ2) is 5.07. The van der Waals surface area contributed by atoms with E-state index in [9.17, 15) is 14.9 Å². The Balaban J connectivity index is 2.31. The van der Waals surface area contributed by atoms with Crippen molar-refractivity contribution in [3.63, 3.8) is 0 Å². The lowest BCUT2D eigenvalue weighted by molar-refractivity contribution is -0.385. The van der Waals surface area contributed by atoms with Crippen molar-refractivity contribution in [3.05, 3.63) is 51.2 Å². The number of amides is 1. The lowest BCUT2D eigenvalue weighted by Crippen LogP contribution is -2.14. The van der Waals surface area contributed by atoms with E-state index in [1.54, 1.807) is 19.3 Å². The Morgan fingerprint density at radius 2 is 2.21 bits per heavy atom. The van der Waals surface area contributed by atoms with Gasteiger partial charge in [-0.05, 0) is 12.1 Å². The Morgan fingerprint density at radius 1 is 1.47 bits per heavy atom. The number of hydrogen-bond donors (Lipinski definition) is 1. The molecular formula is C11H9ClN4O3. The first kappa shape index (κ1) is 13.0. The van der Waals surface area contributed by atoms with Gasteiger partial charge in [0.05, 0.1) is 4.92 Å². The predicted octanol–water partition coefficient (Wildman–Crippen LogP) is 2.23. The fourth-order valence-electron chi connectivity index (χ4n) is 1.51. The van der Waals surface area contributed by atoms with Crippen LogP contribution in [0.4, 0.5) is 11.5 Å². The van der Waals surface area contributed by atoms with Crippen LogP contribution in [0.1, 0.15) is 10.4 Å². The van der Waals surface area contributed by atoms with Crippen LogP contribution in [0.5, 0.6) is 0 Å². The number of halogens is 1. The molecular weight excluding hydrogens is 272 g/mol. The van der Waals surface area contributed by atoms with E-state index in [0.29, 0.717) is 5.82 Å². The van der Waals surface area contributed by atoms with Crippen molar-refractivity contribution in [2.75, 3.05) is 5.32 Å². The minimum atomic E-state index is -0.654. The molecule has 0 aliphatic rings. The molecule has 2 rings (SSSR count). The van der Waals surface area contributed by atoms with E-state index in [-0.39, 0.29) is 16.3 Å². The number of nitro groups is 1. The molecule has 0 radical (unpaired) electrons. The number of benzene rings is 1. The fourth-order valence-corrected chi connectivity index (χ4v) is 1.68. The smallest absolute Gasteiger partial charge is 0.283 e. The molecule has 0 atom stereocenters. The van der Waals surface area contributed by atoms with Crippen molar-refractivity contribution in [2.24, 2.45) is 7.05 Å². The number of anilines is 1. The van der Waals surface area contributed by atoms with Crippen molar-refractivity contribution in [1.82, 2.24) is 9.78 Å². The highest BCUT2D eigenvalue weighted by atomic mass is 35.5. The van der Waals surface area contributed by atoms with Crippen LogP contribution in [0.25, 0.3) is 0 Å². The molecule has 2 aromatic rings. The maximum Gasteiger partial charge on any atom is 0.283 e. The van der Waals surface area contributed by atoms with Crippen molar-refractivity contribution >= 4 is 29.0 Å². The van der Waals surface area contributed by atoms with Gasteiger partial charge in [-0.2, -0.15) is 5.10 Å². The summed E-state index contributed by atoms with van der Waals surface area (Å²) in [6.07, 6.45) is 1.64. The lowest BCUT2D eigenvalue weighted by atomic mass is 10.1. The standard InChI is InChI=1S/C11H9ClN4O3/c1-15-5-4-10(14-15)13-11(17)8-3-2-7(12)6-9(8)16(18)19/h2-6H,1H3,(H,13,14,17). The molecule has 0 aliphatic heterocycles. The summed E-state index contributed by atoms with van der Waals surface area (Å²) in [5, 5.41) is 17.5. The van der Waals surface area contributed by atoms with E-state index in [2.05, 4.69) is 10.4 Å². The highest BCUT2D eigenvalue weighted by Crippen LogP contribution is 2.23. The van der Waals surface area contributed by atoms with Gasteiger partial charge in [0.1, 0.15) is 5.56 Å². The average Bonchev–Trinajstić information content (AvgIpc) is 2.74. The Morgan fingerprint density at radius 3 is 2.79 bits per heavy atom. The number of hydrogen-bond acceptors (Lipinski definition) is 4. The zero-order chi connectivity index (χ0) is 14.0. The zero-order valence-electron chi connectivity index (χ0n) is 9.83. The van der Waals surface area contributed by atoms with E-state index >= 15 is 0 Å². The molecule has 0 spiro atoms. The summed E-state index contributed by atoms with van der Waals surface area (Å²) >= 11 is 5.68.